The van der Waals surface area contributed by atoms with E-state index in [0.29, 0.717) is 30.4 Å². The summed E-state index contributed by atoms with van der Waals surface area (Å²) >= 11 is 0. The number of aromatic amines is 1. The fraction of sp³-hybridized carbons (Fsp3) is 0.464. The first kappa shape index (κ1) is 24.4. The van der Waals surface area contributed by atoms with E-state index in [-0.39, 0.29) is 23.4 Å². The molecule has 2 heterocycles. The number of likely N-dealkylation sites (tertiary alicyclic amines) is 1. The Bertz CT molecular complexity index is 1240. The SMILES string of the molecule is COc1n[nH]c(-c2cc(C(=O)N3CCC(c4ccc(C(C)(F)F)cc4)CC3)c(C)cc2C2CCC2)n1. The molecule has 0 unspecified atom stereocenters. The van der Waals surface area contributed by atoms with Gasteiger partial charge < -0.3 is 9.64 Å². The number of alkyl halides is 2. The van der Waals surface area contributed by atoms with Gasteiger partial charge in [-0.3, -0.25) is 9.89 Å². The second-order valence-electron chi connectivity index (χ2n) is 10.1. The highest BCUT2D eigenvalue weighted by Crippen LogP contribution is 2.42. The third kappa shape index (κ3) is 4.73. The molecule has 2 aromatic carbocycles. The normalized spacial score (nSPS) is 17.2. The van der Waals surface area contributed by atoms with Crippen molar-refractivity contribution in [3.8, 4) is 17.4 Å². The number of benzene rings is 2. The van der Waals surface area contributed by atoms with Gasteiger partial charge >= 0.3 is 6.01 Å². The molecule has 0 radical (unpaired) electrons. The Hall–Kier alpha value is -3.29. The third-order valence-electron chi connectivity index (χ3n) is 7.75. The second kappa shape index (κ2) is 9.64. The molecule has 1 amide bonds. The monoisotopic (exact) mass is 494 g/mol. The average molecular weight is 495 g/mol. The Kier molecular flexibility index (Phi) is 6.53. The van der Waals surface area contributed by atoms with E-state index < -0.39 is 5.92 Å². The van der Waals surface area contributed by atoms with Gasteiger partial charge in [-0.05, 0) is 67.2 Å². The first-order chi connectivity index (χ1) is 17.2. The minimum Gasteiger partial charge on any atom is -0.466 e. The number of halogens is 2. The summed E-state index contributed by atoms with van der Waals surface area (Å²) in [5.74, 6) is -1.49. The number of aromatic nitrogens is 3. The number of nitrogens with zero attached hydrogens (tertiary/aromatic N) is 3. The summed E-state index contributed by atoms with van der Waals surface area (Å²) in [6.45, 7) is 4.17. The molecule has 1 aliphatic heterocycles. The van der Waals surface area contributed by atoms with Crippen LogP contribution >= 0.6 is 0 Å². The highest BCUT2D eigenvalue weighted by molar-refractivity contribution is 5.97. The highest BCUT2D eigenvalue weighted by atomic mass is 19.3. The summed E-state index contributed by atoms with van der Waals surface area (Å²) in [4.78, 5) is 20.0. The van der Waals surface area contributed by atoms with Crippen LogP contribution in [0.4, 0.5) is 8.78 Å². The molecular formula is C28H32F2N4O2. The summed E-state index contributed by atoms with van der Waals surface area (Å²) in [6, 6.07) is 11.0. The van der Waals surface area contributed by atoms with E-state index in [2.05, 4.69) is 21.2 Å². The van der Waals surface area contributed by atoms with Gasteiger partial charge in [0.2, 0.25) is 0 Å². The predicted octanol–water partition coefficient (Wildman–Crippen LogP) is 6.19. The molecule has 1 saturated carbocycles. The smallest absolute Gasteiger partial charge is 0.335 e. The number of carbonyl (C=O) groups excluding carboxylic acids is 1. The number of piperidine rings is 1. The van der Waals surface area contributed by atoms with Crippen LogP contribution in [0.15, 0.2) is 36.4 Å². The van der Waals surface area contributed by atoms with E-state index in [1.165, 1.54) is 31.2 Å². The van der Waals surface area contributed by atoms with Gasteiger partial charge in [-0.15, -0.1) is 5.10 Å². The molecule has 1 aliphatic carbocycles. The van der Waals surface area contributed by atoms with Gasteiger partial charge in [0.15, 0.2) is 5.82 Å². The molecule has 6 nitrogen and oxygen atoms in total. The van der Waals surface area contributed by atoms with Gasteiger partial charge in [0.1, 0.15) is 0 Å². The van der Waals surface area contributed by atoms with Crippen molar-refractivity contribution in [3.05, 3.63) is 64.2 Å². The molecule has 0 spiro atoms. The molecule has 0 bridgehead atoms. The fourth-order valence-electron chi connectivity index (χ4n) is 5.32. The van der Waals surface area contributed by atoms with E-state index in [4.69, 9.17) is 4.74 Å². The van der Waals surface area contributed by atoms with E-state index in [0.717, 1.165) is 49.3 Å². The lowest BCUT2D eigenvalue weighted by Crippen LogP contribution is -2.38. The lowest BCUT2D eigenvalue weighted by molar-refractivity contribution is 0.0174. The molecule has 1 aromatic heterocycles. The van der Waals surface area contributed by atoms with E-state index in [1.807, 2.05) is 17.9 Å². The summed E-state index contributed by atoms with van der Waals surface area (Å²) in [5, 5.41) is 7.06. The molecule has 5 rings (SSSR count). The number of hydrogen-bond acceptors (Lipinski definition) is 4. The zero-order chi connectivity index (χ0) is 25.4. The lowest BCUT2D eigenvalue weighted by Gasteiger charge is -2.33. The number of rotatable bonds is 6. The van der Waals surface area contributed by atoms with E-state index in [9.17, 15) is 13.6 Å². The first-order valence-corrected chi connectivity index (χ1v) is 12.6. The van der Waals surface area contributed by atoms with Crippen molar-refractivity contribution in [1.82, 2.24) is 20.1 Å². The second-order valence-corrected chi connectivity index (χ2v) is 10.1. The molecule has 1 saturated heterocycles. The maximum atomic E-state index is 13.6. The van der Waals surface area contributed by atoms with Gasteiger partial charge in [0, 0.05) is 36.7 Å². The lowest BCUT2D eigenvalue weighted by atomic mass is 9.77. The summed E-state index contributed by atoms with van der Waals surface area (Å²) in [7, 11) is 1.53. The average Bonchev–Trinajstić information content (AvgIpc) is 3.32. The number of methoxy groups -OCH3 is 1. The van der Waals surface area contributed by atoms with Crippen molar-refractivity contribution >= 4 is 5.91 Å². The summed E-state index contributed by atoms with van der Waals surface area (Å²) < 4.78 is 32.3. The number of amides is 1. The number of carbonyl (C=O) groups is 1. The van der Waals surface area contributed by atoms with Gasteiger partial charge in [-0.1, -0.05) is 36.8 Å². The van der Waals surface area contributed by atoms with Crippen molar-refractivity contribution < 1.29 is 18.3 Å². The van der Waals surface area contributed by atoms with Crippen LogP contribution in [0.3, 0.4) is 0 Å². The maximum Gasteiger partial charge on any atom is 0.335 e. The van der Waals surface area contributed by atoms with E-state index >= 15 is 0 Å². The van der Waals surface area contributed by atoms with Crippen molar-refractivity contribution in [1.29, 1.82) is 0 Å². The van der Waals surface area contributed by atoms with Crippen molar-refractivity contribution in [2.75, 3.05) is 20.2 Å². The highest BCUT2D eigenvalue weighted by Gasteiger charge is 2.30. The minimum absolute atomic E-state index is 0.0137. The Morgan fingerprint density at radius 2 is 1.78 bits per heavy atom. The van der Waals surface area contributed by atoms with Gasteiger partial charge in [-0.2, -0.15) is 4.98 Å². The molecular weight excluding hydrogens is 462 g/mol. The van der Waals surface area contributed by atoms with Crippen LogP contribution in [0, 0.1) is 6.92 Å². The molecule has 8 heteroatoms. The first-order valence-electron chi connectivity index (χ1n) is 12.6. The largest absolute Gasteiger partial charge is 0.466 e. The maximum absolute atomic E-state index is 13.6. The topological polar surface area (TPSA) is 71.1 Å². The molecule has 3 aromatic rings. The van der Waals surface area contributed by atoms with Crippen LogP contribution in [-0.4, -0.2) is 46.2 Å². The fourth-order valence-corrected chi connectivity index (χ4v) is 5.32. The standard InChI is InChI=1S/C28H32F2N4O2/c1-17-15-23(20-5-4-6-20)24(25-31-27(36-3)33-32-25)16-22(17)26(35)34-13-11-19(12-14-34)18-7-9-21(10-8-18)28(2,29)30/h7-10,15-16,19-20H,4-6,11-14H2,1-3H3,(H,31,32,33). The van der Waals surface area contributed by atoms with Crippen LogP contribution in [-0.2, 0) is 5.92 Å². The molecule has 190 valence electrons. The van der Waals surface area contributed by atoms with Crippen LogP contribution in [0.2, 0.25) is 0 Å². The van der Waals surface area contributed by atoms with Crippen molar-refractivity contribution in [2.24, 2.45) is 0 Å². The molecule has 0 atom stereocenters. The predicted molar refractivity (Wildman–Crippen MR) is 134 cm³/mol. The minimum atomic E-state index is -2.84. The number of ether oxygens (including phenoxy) is 1. The molecule has 36 heavy (non-hydrogen) atoms. The number of hydrogen-bond donors (Lipinski definition) is 1. The Morgan fingerprint density at radius 3 is 2.33 bits per heavy atom. The third-order valence-corrected chi connectivity index (χ3v) is 7.75. The van der Waals surface area contributed by atoms with Gasteiger partial charge in [-0.25, -0.2) is 8.78 Å². The Morgan fingerprint density at radius 1 is 1.08 bits per heavy atom. The van der Waals surface area contributed by atoms with Crippen molar-refractivity contribution in [3.63, 3.8) is 0 Å². The number of H-pyrrole nitrogens is 1. The van der Waals surface area contributed by atoms with Crippen LogP contribution in [0.1, 0.15) is 83.5 Å². The quantitative estimate of drug-likeness (QED) is 0.444. The molecule has 2 aliphatic rings. The van der Waals surface area contributed by atoms with Gasteiger partial charge in [0.05, 0.1) is 7.11 Å². The number of nitrogens with one attached hydrogen (secondary N) is 1. The van der Waals surface area contributed by atoms with Crippen LogP contribution < -0.4 is 4.74 Å². The Balaban J connectivity index is 1.34. The molecule has 2 fully saturated rings. The molecule has 1 N–H and O–H groups in total. The van der Waals surface area contributed by atoms with Crippen LogP contribution in [0.5, 0.6) is 6.01 Å². The van der Waals surface area contributed by atoms with E-state index in [1.54, 1.807) is 12.1 Å². The summed E-state index contributed by atoms with van der Waals surface area (Å²) in [6.07, 6.45) is 5.09. The van der Waals surface area contributed by atoms with Crippen molar-refractivity contribution in [2.45, 2.75) is 63.7 Å². The van der Waals surface area contributed by atoms with Gasteiger partial charge in [0.25, 0.3) is 11.8 Å². The number of aryl methyl sites for hydroxylation is 1. The zero-order valence-electron chi connectivity index (χ0n) is 21.0. The van der Waals surface area contributed by atoms with Crippen LogP contribution in [0.25, 0.3) is 11.4 Å². The Labute approximate surface area is 210 Å². The zero-order valence-corrected chi connectivity index (χ0v) is 21.0. The summed E-state index contributed by atoms with van der Waals surface area (Å²) in [5.41, 5.74) is 4.84.